The summed E-state index contributed by atoms with van der Waals surface area (Å²) in [5.74, 6) is 0. The van der Waals surface area contributed by atoms with Crippen molar-refractivity contribution in [1.82, 2.24) is 0 Å². The third-order valence-electron chi connectivity index (χ3n) is 3.64. The average molecular weight is 266 g/mol. The highest BCUT2D eigenvalue weighted by Gasteiger charge is 2.17. The van der Waals surface area contributed by atoms with Gasteiger partial charge in [-0.1, -0.05) is 36.4 Å². The number of aryl methyl sites for hydroxylation is 1. The molecule has 3 rings (SSSR count). The number of nitrogens with one attached hydrogen (secondary N) is 1. The van der Waals surface area contributed by atoms with Gasteiger partial charge >= 0.3 is 0 Å². The van der Waals surface area contributed by atoms with Crippen LogP contribution in [0.4, 0.5) is 11.4 Å². The van der Waals surface area contributed by atoms with Crippen molar-refractivity contribution in [2.75, 3.05) is 11.1 Å². The van der Waals surface area contributed by atoms with Crippen LogP contribution >= 0.6 is 0 Å². The first-order chi connectivity index (χ1) is 9.59. The first-order valence-electron chi connectivity index (χ1n) is 6.39. The van der Waals surface area contributed by atoms with Crippen LogP contribution in [0.15, 0.2) is 46.0 Å². The molecule has 3 aromatic carbocycles. The van der Waals surface area contributed by atoms with Gasteiger partial charge in [-0.15, -0.1) is 0 Å². The lowest BCUT2D eigenvalue weighted by Crippen LogP contribution is -2.36. The third kappa shape index (κ3) is 1.77. The first-order valence-corrected chi connectivity index (χ1v) is 6.39. The first kappa shape index (κ1) is 12.4. The molecule has 0 aliphatic heterocycles. The van der Waals surface area contributed by atoms with Crippen molar-refractivity contribution in [2.24, 2.45) is 0 Å². The molecule has 3 N–H and O–H groups in total. The van der Waals surface area contributed by atoms with Gasteiger partial charge in [-0.05, 0) is 28.8 Å². The van der Waals surface area contributed by atoms with Crippen LogP contribution in [0.25, 0.3) is 10.8 Å². The molecule has 0 bridgehead atoms. The molecule has 0 unspecified atom stereocenters. The zero-order chi connectivity index (χ0) is 14.3. The van der Waals surface area contributed by atoms with E-state index in [1.165, 1.54) is 10.9 Å². The van der Waals surface area contributed by atoms with E-state index in [0.29, 0.717) is 6.54 Å². The van der Waals surface area contributed by atoms with Crippen molar-refractivity contribution in [1.29, 1.82) is 0 Å². The number of hydrogen-bond donors (Lipinski definition) is 2. The second-order valence-electron chi connectivity index (χ2n) is 4.89. The predicted molar refractivity (Wildman–Crippen MR) is 81.8 cm³/mol. The zero-order valence-electron chi connectivity index (χ0n) is 11.1. The highest BCUT2D eigenvalue weighted by Crippen LogP contribution is 2.23. The number of nitrogens with two attached hydrogens (primary N) is 1. The average Bonchev–Trinajstić information content (AvgIpc) is 2.49. The summed E-state index contributed by atoms with van der Waals surface area (Å²) >= 11 is 0. The summed E-state index contributed by atoms with van der Waals surface area (Å²) in [7, 11) is 0. The van der Waals surface area contributed by atoms with Crippen molar-refractivity contribution < 1.29 is 0 Å². The molecule has 3 aromatic rings. The SMILES string of the molecule is Cc1ccc(CNc2c(N)c(=O)c2=O)c2ccccc12. The summed E-state index contributed by atoms with van der Waals surface area (Å²) in [6, 6.07) is 12.2. The minimum atomic E-state index is -0.596. The molecule has 0 saturated heterocycles. The van der Waals surface area contributed by atoms with Gasteiger partial charge in [0.15, 0.2) is 0 Å². The molecule has 0 radical (unpaired) electrons. The Balaban J connectivity index is 1.95. The number of rotatable bonds is 3. The van der Waals surface area contributed by atoms with E-state index in [1.54, 1.807) is 0 Å². The highest BCUT2D eigenvalue weighted by molar-refractivity contribution is 5.88. The summed E-state index contributed by atoms with van der Waals surface area (Å²) in [5.41, 5.74) is 6.92. The van der Waals surface area contributed by atoms with E-state index < -0.39 is 10.9 Å². The van der Waals surface area contributed by atoms with Crippen LogP contribution in [0, 0.1) is 6.92 Å². The minimum Gasteiger partial charge on any atom is -0.394 e. The number of fused-ring (bicyclic) bond motifs is 1. The summed E-state index contributed by atoms with van der Waals surface area (Å²) in [5, 5.41) is 5.28. The molecule has 0 aromatic heterocycles. The van der Waals surface area contributed by atoms with E-state index in [9.17, 15) is 9.59 Å². The van der Waals surface area contributed by atoms with Gasteiger partial charge in [-0.25, -0.2) is 0 Å². The van der Waals surface area contributed by atoms with Crippen molar-refractivity contribution in [3.05, 3.63) is 68.0 Å². The fourth-order valence-corrected chi connectivity index (χ4v) is 2.43. The summed E-state index contributed by atoms with van der Waals surface area (Å²) in [6.45, 7) is 2.53. The van der Waals surface area contributed by atoms with Crippen LogP contribution in [0.3, 0.4) is 0 Å². The Bertz CT molecular complexity index is 874. The fourth-order valence-electron chi connectivity index (χ4n) is 2.43. The third-order valence-corrected chi connectivity index (χ3v) is 3.64. The quantitative estimate of drug-likeness (QED) is 0.711. The molecule has 20 heavy (non-hydrogen) atoms. The molecule has 0 amide bonds. The zero-order valence-corrected chi connectivity index (χ0v) is 11.1. The van der Waals surface area contributed by atoms with Crippen molar-refractivity contribution in [3.63, 3.8) is 0 Å². The minimum absolute atomic E-state index is 0.0337. The Hall–Kier alpha value is -2.62. The molecule has 0 fully saturated rings. The molecule has 100 valence electrons. The monoisotopic (exact) mass is 266 g/mol. The summed E-state index contributed by atoms with van der Waals surface area (Å²) < 4.78 is 0. The van der Waals surface area contributed by atoms with Gasteiger partial charge in [-0.2, -0.15) is 0 Å². The molecule has 0 aliphatic carbocycles. The second kappa shape index (κ2) is 4.49. The van der Waals surface area contributed by atoms with E-state index in [0.717, 1.165) is 10.9 Å². The Morgan fingerprint density at radius 3 is 2.40 bits per heavy atom. The lowest BCUT2D eigenvalue weighted by Gasteiger charge is -2.12. The maximum Gasteiger partial charge on any atom is 0.253 e. The lowest BCUT2D eigenvalue weighted by atomic mass is 10.00. The second-order valence-corrected chi connectivity index (χ2v) is 4.89. The number of nitrogen functional groups attached to an aromatic ring is 1. The van der Waals surface area contributed by atoms with E-state index in [2.05, 4.69) is 18.3 Å². The molecule has 0 heterocycles. The van der Waals surface area contributed by atoms with E-state index in [1.807, 2.05) is 30.3 Å². The number of anilines is 2. The van der Waals surface area contributed by atoms with Crippen LogP contribution in [0.2, 0.25) is 0 Å². The lowest BCUT2D eigenvalue weighted by molar-refractivity contribution is 1.14. The van der Waals surface area contributed by atoms with E-state index in [-0.39, 0.29) is 11.4 Å². The molecule has 0 atom stereocenters. The summed E-state index contributed by atoms with van der Waals surface area (Å²) in [6.07, 6.45) is 0. The van der Waals surface area contributed by atoms with Crippen molar-refractivity contribution in [2.45, 2.75) is 13.5 Å². The maximum absolute atomic E-state index is 11.4. The Kier molecular flexibility index (Phi) is 2.79. The van der Waals surface area contributed by atoms with Gasteiger partial charge in [0.2, 0.25) is 0 Å². The largest absolute Gasteiger partial charge is 0.394 e. The van der Waals surface area contributed by atoms with Crippen molar-refractivity contribution >= 4 is 22.1 Å². The Morgan fingerprint density at radius 1 is 1.00 bits per heavy atom. The van der Waals surface area contributed by atoms with Crippen LogP contribution < -0.4 is 21.9 Å². The van der Waals surface area contributed by atoms with E-state index in [4.69, 9.17) is 5.73 Å². The number of benzene rings is 2. The van der Waals surface area contributed by atoms with Crippen molar-refractivity contribution in [3.8, 4) is 0 Å². The van der Waals surface area contributed by atoms with Crippen LogP contribution in [0.5, 0.6) is 0 Å². The van der Waals surface area contributed by atoms with Gasteiger partial charge in [0.05, 0.1) is 0 Å². The molecular weight excluding hydrogens is 252 g/mol. The topological polar surface area (TPSA) is 72.2 Å². The predicted octanol–water partition coefficient (Wildman–Crippen LogP) is 1.94. The molecule has 4 heteroatoms. The fraction of sp³-hybridized carbons (Fsp3) is 0.125. The van der Waals surface area contributed by atoms with E-state index >= 15 is 0 Å². The maximum atomic E-state index is 11.4. The van der Waals surface area contributed by atoms with Gasteiger partial charge in [0.1, 0.15) is 11.4 Å². The standard InChI is InChI=1S/C16H14N2O2/c1-9-6-7-10(12-5-3-2-4-11(9)12)8-18-14-13(17)15(19)16(14)20/h2-7,18H,8,17H2,1H3. The van der Waals surface area contributed by atoms with Crippen LogP contribution in [-0.4, -0.2) is 0 Å². The van der Waals surface area contributed by atoms with Gasteiger partial charge in [-0.3, -0.25) is 9.59 Å². The highest BCUT2D eigenvalue weighted by atomic mass is 16.2. The molecular formula is C16H14N2O2. The molecule has 0 saturated carbocycles. The smallest absolute Gasteiger partial charge is 0.253 e. The summed E-state index contributed by atoms with van der Waals surface area (Å²) in [4.78, 5) is 22.4. The number of hydrogen-bond acceptors (Lipinski definition) is 4. The van der Waals surface area contributed by atoms with Gasteiger partial charge < -0.3 is 11.1 Å². The normalized spacial score (nSPS) is 11.1. The molecule has 0 aliphatic rings. The Labute approximate surface area is 115 Å². The van der Waals surface area contributed by atoms with Gasteiger partial charge in [0.25, 0.3) is 10.9 Å². The molecule has 4 nitrogen and oxygen atoms in total. The Morgan fingerprint density at radius 2 is 1.70 bits per heavy atom. The molecule has 0 spiro atoms. The van der Waals surface area contributed by atoms with Gasteiger partial charge in [0, 0.05) is 6.54 Å². The van der Waals surface area contributed by atoms with Crippen LogP contribution in [-0.2, 0) is 6.54 Å². The van der Waals surface area contributed by atoms with Crippen LogP contribution in [0.1, 0.15) is 11.1 Å².